The Morgan fingerprint density at radius 1 is 1.33 bits per heavy atom. The van der Waals surface area contributed by atoms with Crippen molar-refractivity contribution in [2.24, 2.45) is 0 Å². The summed E-state index contributed by atoms with van der Waals surface area (Å²) in [6, 6.07) is 7.30. The molecule has 0 spiro atoms. The van der Waals surface area contributed by atoms with Crippen molar-refractivity contribution in [3.63, 3.8) is 0 Å². The third kappa shape index (κ3) is 3.55. The van der Waals surface area contributed by atoms with Gasteiger partial charge in [0, 0.05) is 30.0 Å². The molecule has 5 heteroatoms. The molecule has 18 heavy (non-hydrogen) atoms. The van der Waals surface area contributed by atoms with Crippen LogP contribution in [0.3, 0.4) is 0 Å². The molecule has 0 bridgehead atoms. The average molecular weight is 282 g/mol. The highest BCUT2D eigenvalue weighted by molar-refractivity contribution is 7.16. The second-order valence-electron chi connectivity index (χ2n) is 3.81. The van der Waals surface area contributed by atoms with Crippen LogP contribution in [-0.4, -0.2) is 17.9 Å². The van der Waals surface area contributed by atoms with Gasteiger partial charge in [0.05, 0.1) is 11.4 Å². The summed E-state index contributed by atoms with van der Waals surface area (Å²) in [5, 5.41) is 0. The number of hydrogen-bond acceptors (Lipinski definition) is 4. The highest BCUT2D eigenvalue weighted by Gasteiger charge is 2.07. The Morgan fingerprint density at radius 3 is 2.72 bits per heavy atom. The van der Waals surface area contributed by atoms with Gasteiger partial charge in [-0.25, -0.2) is 4.98 Å². The standard InChI is InChI=1S/C13H12ClNO2S/c1-17-13-5-2-9(8-15-13)6-10(16)7-11-3-4-12(14)18-11/h2-5,8H,6-7H2,1H3. The maximum Gasteiger partial charge on any atom is 0.212 e. The Balaban J connectivity index is 1.94. The molecule has 2 rings (SSSR count). The molecule has 2 aromatic rings. The Hall–Kier alpha value is -1.39. The maximum atomic E-state index is 11.9. The lowest BCUT2D eigenvalue weighted by Crippen LogP contribution is -2.05. The lowest BCUT2D eigenvalue weighted by molar-refractivity contribution is -0.117. The minimum Gasteiger partial charge on any atom is -0.481 e. The fourth-order valence-corrected chi connectivity index (χ4v) is 2.68. The number of aromatic nitrogens is 1. The van der Waals surface area contributed by atoms with Gasteiger partial charge in [0.2, 0.25) is 5.88 Å². The molecule has 0 saturated carbocycles. The molecule has 0 unspecified atom stereocenters. The van der Waals surface area contributed by atoms with E-state index in [-0.39, 0.29) is 5.78 Å². The summed E-state index contributed by atoms with van der Waals surface area (Å²) < 4.78 is 5.68. The largest absolute Gasteiger partial charge is 0.481 e. The number of pyridine rings is 1. The van der Waals surface area contributed by atoms with Gasteiger partial charge < -0.3 is 4.74 Å². The van der Waals surface area contributed by atoms with Crippen LogP contribution in [-0.2, 0) is 17.6 Å². The minimum atomic E-state index is 0.153. The summed E-state index contributed by atoms with van der Waals surface area (Å²) >= 11 is 7.26. The normalized spacial score (nSPS) is 10.3. The van der Waals surface area contributed by atoms with E-state index < -0.39 is 0 Å². The van der Waals surface area contributed by atoms with Crippen molar-refractivity contribution in [1.82, 2.24) is 4.98 Å². The average Bonchev–Trinajstić information content (AvgIpc) is 2.75. The molecule has 2 heterocycles. The van der Waals surface area contributed by atoms with E-state index in [1.807, 2.05) is 18.2 Å². The number of methoxy groups -OCH3 is 1. The SMILES string of the molecule is COc1ccc(CC(=O)Cc2ccc(Cl)s2)cn1. The quantitative estimate of drug-likeness (QED) is 0.845. The fraction of sp³-hybridized carbons (Fsp3) is 0.231. The van der Waals surface area contributed by atoms with Gasteiger partial charge in [-0.1, -0.05) is 17.7 Å². The van der Waals surface area contributed by atoms with E-state index in [9.17, 15) is 4.79 Å². The van der Waals surface area contributed by atoms with Crippen LogP contribution in [0.25, 0.3) is 0 Å². The van der Waals surface area contributed by atoms with Gasteiger partial charge in [-0.15, -0.1) is 11.3 Å². The van der Waals surface area contributed by atoms with Crippen LogP contribution in [0.1, 0.15) is 10.4 Å². The van der Waals surface area contributed by atoms with Crippen LogP contribution < -0.4 is 4.74 Å². The van der Waals surface area contributed by atoms with Gasteiger partial charge in [-0.05, 0) is 17.7 Å². The predicted molar refractivity (Wildman–Crippen MR) is 72.5 cm³/mol. The molecule has 0 radical (unpaired) electrons. The number of carbonyl (C=O) groups excluding carboxylic acids is 1. The van der Waals surface area contributed by atoms with Crippen molar-refractivity contribution in [2.45, 2.75) is 12.8 Å². The van der Waals surface area contributed by atoms with Crippen molar-refractivity contribution in [3.8, 4) is 5.88 Å². The molecule has 0 saturated heterocycles. The van der Waals surface area contributed by atoms with Gasteiger partial charge in [0.1, 0.15) is 5.78 Å². The summed E-state index contributed by atoms with van der Waals surface area (Å²) in [6.07, 6.45) is 2.47. The summed E-state index contributed by atoms with van der Waals surface area (Å²) in [5.74, 6) is 0.705. The van der Waals surface area contributed by atoms with Crippen molar-refractivity contribution in [3.05, 3.63) is 45.2 Å². The van der Waals surface area contributed by atoms with Crippen molar-refractivity contribution in [1.29, 1.82) is 0 Å². The lowest BCUT2D eigenvalue weighted by Gasteiger charge is -2.01. The summed E-state index contributed by atoms with van der Waals surface area (Å²) in [4.78, 5) is 16.9. The van der Waals surface area contributed by atoms with Gasteiger partial charge >= 0.3 is 0 Å². The number of halogens is 1. The maximum absolute atomic E-state index is 11.9. The zero-order chi connectivity index (χ0) is 13.0. The zero-order valence-electron chi connectivity index (χ0n) is 9.85. The van der Waals surface area contributed by atoms with Crippen LogP contribution in [0.5, 0.6) is 5.88 Å². The third-order valence-corrected chi connectivity index (χ3v) is 3.64. The molecule has 0 aromatic carbocycles. The first kappa shape index (κ1) is 13.1. The molecule has 0 amide bonds. The topological polar surface area (TPSA) is 39.2 Å². The van der Waals surface area contributed by atoms with Gasteiger partial charge in [0.25, 0.3) is 0 Å². The van der Waals surface area contributed by atoms with Crippen LogP contribution in [0.15, 0.2) is 30.5 Å². The van der Waals surface area contributed by atoms with Crippen LogP contribution in [0.2, 0.25) is 4.34 Å². The molecule has 0 N–H and O–H groups in total. The number of thiophene rings is 1. The zero-order valence-corrected chi connectivity index (χ0v) is 11.4. The number of carbonyl (C=O) groups is 1. The van der Waals surface area contributed by atoms with Crippen LogP contribution >= 0.6 is 22.9 Å². The number of hydrogen-bond donors (Lipinski definition) is 0. The summed E-state index contributed by atoms with van der Waals surface area (Å²) in [7, 11) is 1.56. The second kappa shape index (κ2) is 5.98. The van der Waals surface area contributed by atoms with Gasteiger partial charge in [-0.2, -0.15) is 0 Å². The molecule has 0 aliphatic heterocycles. The molecule has 0 fully saturated rings. The van der Waals surface area contributed by atoms with Gasteiger partial charge in [0.15, 0.2) is 0 Å². The summed E-state index contributed by atoms with van der Waals surface area (Å²) in [5.41, 5.74) is 0.892. The van der Waals surface area contributed by atoms with E-state index in [0.717, 1.165) is 10.4 Å². The number of ketones is 1. The molecule has 3 nitrogen and oxygen atoms in total. The van der Waals surface area contributed by atoms with Crippen molar-refractivity contribution < 1.29 is 9.53 Å². The second-order valence-corrected chi connectivity index (χ2v) is 5.61. The summed E-state index contributed by atoms with van der Waals surface area (Å²) in [6.45, 7) is 0. The van der Waals surface area contributed by atoms with E-state index in [1.165, 1.54) is 11.3 Å². The Morgan fingerprint density at radius 2 is 2.17 bits per heavy atom. The van der Waals surface area contributed by atoms with E-state index in [2.05, 4.69) is 4.98 Å². The van der Waals surface area contributed by atoms with Crippen LogP contribution in [0.4, 0.5) is 0 Å². The van der Waals surface area contributed by atoms with Crippen LogP contribution in [0, 0.1) is 0 Å². The third-order valence-electron chi connectivity index (χ3n) is 2.41. The highest BCUT2D eigenvalue weighted by Crippen LogP contribution is 2.22. The van der Waals surface area contributed by atoms with Crippen molar-refractivity contribution >= 4 is 28.7 Å². The smallest absolute Gasteiger partial charge is 0.212 e. The lowest BCUT2D eigenvalue weighted by atomic mass is 10.1. The molecular formula is C13H12ClNO2S. The molecule has 0 aliphatic carbocycles. The monoisotopic (exact) mass is 281 g/mol. The first-order chi connectivity index (χ1) is 8.67. The number of ether oxygens (including phenoxy) is 1. The van der Waals surface area contributed by atoms with E-state index in [0.29, 0.717) is 23.1 Å². The number of rotatable bonds is 5. The van der Waals surface area contributed by atoms with E-state index in [1.54, 1.807) is 19.4 Å². The molecule has 0 aliphatic rings. The Kier molecular flexibility index (Phi) is 4.33. The molecule has 2 aromatic heterocycles. The van der Waals surface area contributed by atoms with E-state index in [4.69, 9.17) is 16.3 Å². The Labute approximate surface area is 114 Å². The van der Waals surface area contributed by atoms with E-state index >= 15 is 0 Å². The highest BCUT2D eigenvalue weighted by atomic mass is 35.5. The predicted octanol–water partition coefficient (Wildman–Crippen LogP) is 3.16. The van der Waals surface area contributed by atoms with Crippen molar-refractivity contribution in [2.75, 3.05) is 7.11 Å². The molecule has 94 valence electrons. The fourth-order valence-electron chi connectivity index (χ4n) is 1.57. The van der Waals surface area contributed by atoms with Gasteiger partial charge in [-0.3, -0.25) is 4.79 Å². The Bertz CT molecular complexity index is 536. The number of Topliss-reactive ketones (excluding diaryl/α,β-unsaturated/α-hetero) is 1. The first-order valence-electron chi connectivity index (χ1n) is 5.42. The number of nitrogens with zero attached hydrogens (tertiary/aromatic N) is 1. The minimum absolute atomic E-state index is 0.153. The molecule has 0 atom stereocenters. The first-order valence-corrected chi connectivity index (χ1v) is 6.61. The molecular weight excluding hydrogens is 270 g/mol.